The fraction of sp³-hybridized carbons (Fsp3) is 0.348. The molecule has 0 saturated carbocycles. The number of nitrogens with zero attached hydrogens (tertiary/aromatic N) is 1. The summed E-state index contributed by atoms with van der Waals surface area (Å²) in [4.78, 5) is 38.3. The number of hydrogen-bond donors (Lipinski definition) is 2. The predicted molar refractivity (Wildman–Crippen MR) is 114 cm³/mol. The van der Waals surface area contributed by atoms with Crippen molar-refractivity contribution >= 4 is 23.4 Å². The molecule has 6 nitrogen and oxygen atoms in total. The number of hydrogen-bond acceptors (Lipinski definition) is 3. The molecule has 3 amide bonds. The van der Waals surface area contributed by atoms with E-state index in [9.17, 15) is 18.8 Å². The lowest BCUT2D eigenvalue weighted by molar-refractivity contribution is -0.136. The highest BCUT2D eigenvalue weighted by Crippen LogP contribution is 2.10. The highest BCUT2D eigenvalue weighted by Gasteiger charge is 2.18. The van der Waals surface area contributed by atoms with Crippen LogP contribution in [0.5, 0.6) is 0 Å². The molecule has 0 unspecified atom stereocenters. The monoisotopic (exact) mass is 413 g/mol. The van der Waals surface area contributed by atoms with Gasteiger partial charge in [0, 0.05) is 18.7 Å². The number of halogens is 1. The van der Waals surface area contributed by atoms with Crippen LogP contribution in [0.25, 0.3) is 0 Å². The lowest BCUT2D eigenvalue weighted by Gasteiger charge is -2.22. The molecular formula is C23H28FN3O3. The lowest BCUT2D eigenvalue weighted by Crippen LogP contribution is -2.42. The number of benzene rings is 2. The predicted octanol–water partition coefficient (Wildman–Crippen LogP) is 3.41. The van der Waals surface area contributed by atoms with E-state index in [0.717, 1.165) is 24.0 Å². The maximum absolute atomic E-state index is 13.1. The van der Waals surface area contributed by atoms with Crippen molar-refractivity contribution in [3.05, 3.63) is 65.5 Å². The standard InChI is InChI=1S/C23H28FN3O3/c1-3-4-5-23(30)27(15-18-8-10-19(24)11-9-18)16-22(29)25-14-21(28)26-20-12-6-17(2)7-13-20/h6-13H,3-5,14-16H2,1-2H3,(H,25,29)(H,26,28). The van der Waals surface area contributed by atoms with Gasteiger partial charge in [0.2, 0.25) is 17.7 Å². The van der Waals surface area contributed by atoms with Crippen molar-refractivity contribution in [2.45, 2.75) is 39.7 Å². The van der Waals surface area contributed by atoms with Crippen LogP contribution in [0.15, 0.2) is 48.5 Å². The van der Waals surface area contributed by atoms with Crippen LogP contribution in [0.1, 0.15) is 37.3 Å². The average Bonchev–Trinajstić information content (AvgIpc) is 2.73. The molecule has 2 rings (SSSR count). The van der Waals surface area contributed by atoms with E-state index in [0.29, 0.717) is 12.1 Å². The highest BCUT2D eigenvalue weighted by atomic mass is 19.1. The number of nitrogens with one attached hydrogen (secondary N) is 2. The number of amides is 3. The van der Waals surface area contributed by atoms with E-state index in [1.807, 2.05) is 26.0 Å². The molecule has 0 heterocycles. The second kappa shape index (κ2) is 11.7. The summed E-state index contributed by atoms with van der Waals surface area (Å²) in [5, 5.41) is 5.25. The summed E-state index contributed by atoms with van der Waals surface area (Å²) < 4.78 is 13.1. The second-order valence-electron chi connectivity index (χ2n) is 7.17. The Hall–Kier alpha value is -3.22. The van der Waals surface area contributed by atoms with Gasteiger partial charge in [0.25, 0.3) is 0 Å². The van der Waals surface area contributed by atoms with Crippen molar-refractivity contribution in [1.82, 2.24) is 10.2 Å². The molecule has 30 heavy (non-hydrogen) atoms. The van der Waals surface area contributed by atoms with Crippen LogP contribution >= 0.6 is 0 Å². The van der Waals surface area contributed by atoms with Gasteiger partial charge in [-0.25, -0.2) is 4.39 Å². The smallest absolute Gasteiger partial charge is 0.243 e. The van der Waals surface area contributed by atoms with E-state index >= 15 is 0 Å². The Bertz CT molecular complexity index is 851. The van der Waals surface area contributed by atoms with E-state index < -0.39 is 5.91 Å². The molecule has 2 aromatic carbocycles. The van der Waals surface area contributed by atoms with E-state index in [1.54, 1.807) is 24.3 Å². The van der Waals surface area contributed by atoms with Crippen LogP contribution in [-0.2, 0) is 20.9 Å². The van der Waals surface area contributed by atoms with E-state index in [4.69, 9.17) is 0 Å². The van der Waals surface area contributed by atoms with Gasteiger partial charge in [-0.3, -0.25) is 14.4 Å². The van der Waals surface area contributed by atoms with Crippen molar-refractivity contribution in [3.63, 3.8) is 0 Å². The summed E-state index contributed by atoms with van der Waals surface area (Å²) in [5.74, 6) is -1.30. The first-order valence-corrected chi connectivity index (χ1v) is 10.0. The van der Waals surface area contributed by atoms with Gasteiger partial charge in [0.15, 0.2) is 0 Å². The molecule has 2 aromatic rings. The molecule has 0 fully saturated rings. The third-order valence-electron chi connectivity index (χ3n) is 4.50. The van der Waals surface area contributed by atoms with E-state index in [2.05, 4.69) is 10.6 Å². The summed E-state index contributed by atoms with van der Waals surface area (Å²) in [7, 11) is 0. The maximum atomic E-state index is 13.1. The topological polar surface area (TPSA) is 78.5 Å². The van der Waals surface area contributed by atoms with Gasteiger partial charge in [-0.05, 0) is 43.2 Å². The van der Waals surface area contributed by atoms with Gasteiger partial charge in [-0.15, -0.1) is 0 Å². The minimum Gasteiger partial charge on any atom is -0.345 e. The van der Waals surface area contributed by atoms with E-state index in [1.165, 1.54) is 17.0 Å². The Morgan fingerprint density at radius 3 is 2.27 bits per heavy atom. The summed E-state index contributed by atoms with van der Waals surface area (Å²) in [6.07, 6.45) is 1.92. The van der Waals surface area contributed by atoms with Crippen molar-refractivity contribution < 1.29 is 18.8 Å². The molecule has 0 radical (unpaired) electrons. The number of rotatable bonds is 10. The van der Waals surface area contributed by atoms with Crippen LogP contribution in [-0.4, -0.2) is 35.7 Å². The molecule has 0 atom stereocenters. The van der Waals surface area contributed by atoms with Gasteiger partial charge < -0.3 is 15.5 Å². The van der Waals surface area contributed by atoms with Crippen molar-refractivity contribution in [1.29, 1.82) is 0 Å². The number of carbonyl (C=O) groups is 3. The SMILES string of the molecule is CCCCC(=O)N(CC(=O)NCC(=O)Nc1ccc(C)cc1)Cc1ccc(F)cc1. The van der Waals surface area contributed by atoms with Crippen molar-refractivity contribution in [3.8, 4) is 0 Å². The normalized spacial score (nSPS) is 10.4. The fourth-order valence-corrected chi connectivity index (χ4v) is 2.78. The van der Waals surface area contributed by atoms with Crippen LogP contribution in [0.2, 0.25) is 0 Å². The molecule has 0 aliphatic heterocycles. The Morgan fingerprint density at radius 2 is 1.63 bits per heavy atom. The molecule has 0 bridgehead atoms. The first-order valence-electron chi connectivity index (χ1n) is 10.0. The maximum Gasteiger partial charge on any atom is 0.243 e. The third kappa shape index (κ3) is 8.03. The Labute approximate surface area is 176 Å². The van der Waals surface area contributed by atoms with Crippen LogP contribution < -0.4 is 10.6 Å². The largest absolute Gasteiger partial charge is 0.345 e. The minimum atomic E-state index is -0.430. The summed E-state index contributed by atoms with van der Waals surface area (Å²) in [5.41, 5.74) is 2.45. The van der Waals surface area contributed by atoms with Crippen molar-refractivity contribution in [2.75, 3.05) is 18.4 Å². The lowest BCUT2D eigenvalue weighted by atomic mass is 10.2. The Kier molecular flexibility index (Phi) is 9.00. The molecule has 2 N–H and O–H groups in total. The number of carbonyl (C=O) groups excluding carboxylic acids is 3. The fourth-order valence-electron chi connectivity index (χ4n) is 2.78. The Balaban J connectivity index is 1.90. The zero-order chi connectivity index (χ0) is 21.9. The highest BCUT2D eigenvalue weighted by molar-refractivity contribution is 5.95. The second-order valence-corrected chi connectivity index (χ2v) is 7.17. The van der Waals surface area contributed by atoms with Gasteiger partial charge in [-0.2, -0.15) is 0 Å². The van der Waals surface area contributed by atoms with Gasteiger partial charge in [0.05, 0.1) is 13.1 Å². The molecule has 0 aromatic heterocycles. The first-order chi connectivity index (χ1) is 14.4. The zero-order valence-electron chi connectivity index (χ0n) is 17.4. The number of aryl methyl sites for hydroxylation is 1. The van der Waals surface area contributed by atoms with Crippen LogP contribution in [0.3, 0.4) is 0 Å². The van der Waals surface area contributed by atoms with Crippen LogP contribution in [0.4, 0.5) is 10.1 Å². The van der Waals surface area contributed by atoms with Crippen LogP contribution in [0, 0.1) is 12.7 Å². The van der Waals surface area contributed by atoms with E-state index in [-0.39, 0.29) is 37.3 Å². The molecule has 0 aliphatic carbocycles. The van der Waals surface area contributed by atoms with Gasteiger partial charge in [-0.1, -0.05) is 43.2 Å². The van der Waals surface area contributed by atoms with Crippen molar-refractivity contribution in [2.24, 2.45) is 0 Å². The minimum absolute atomic E-state index is 0.152. The molecule has 0 spiro atoms. The molecule has 160 valence electrons. The first kappa shape index (κ1) is 23.1. The molecule has 0 aliphatic rings. The molecule has 0 saturated heterocycles. The van der Waals surface area contributed by atoms with Gasteiger partial charge in [0.1, 0.15) is 5.82 Å². The quantitative estimate of drug-likeness (QED) is 0.627. The zero-order valence-corrected chi connectivity index (χ0v) is 17.4. The number of anilines is 1. The third-order valence-corrected chi connectivity index (χ3v) is 4.50. The summed E-state index contributed by atoms with van der Waals surface area (Å²) in [6.45, 7) is 3.77. The summed E-state index contributed by atoms with van der Waals surface area (Å²) in [6, 6.07) is 13.1. The Morgan fingerprint density at radius 1 is 0.967 bits per heavy atom. The number of unbranched alkanes of at least 4 members (excludes halogenated alkanes) is 1. The summed E-state index contributed by atoms with van der Waals surface area (Å²) >= 11 is 0. The molecule has 7 heteroatoms. The average molecular weight is 413 g/mol. The molecular weight excluding hydrogens is 385 g/mol. The van der Waals surface area contributed by atoms with Gasteiger partial charge >= 0.3 is 0 Å².